The Morgan fingerprint density at radius 1 is 1.15 bits per heavy atom. The van der Waals surface area contributed by atoms with Crippen LogP contribution in [0.5, 0.6) is 0 Å². The second-order valence-electron chi connectivity index (χ2n) is 14.7. The summed E-state index contributed by atoms with van der Waals surface area (Å²) in [6, 6.07) is 20.6. The first-order chi connectivity index (χ1) is 25.7. The number of halogens is 1. The van der Waals surface area contributed by atoms with Crippen LogP contribution in [0.4, 0.5) is 21.2 Å². The maximum absolute atomic E-state index is 16.4. The number of anilines is 2. The largest absolute Gasteiger partial charge is 0.441 e. The van der Waals surface area contributed by atoms with Crippen molar-refractivity contribution in [2.75, 3.05) is 16.4 Å². The van der Waals surface area contributed by atoms with Crippen molar-refractivity contribution in [3.05, 3.63) is 111 Å². The minimum absolute atomic E-state index is 0.0734. The summed E-state index contributed by atoms with van der Waals surface area (Å²) in [5.74, 6) is -2.18. The van der Waals surface area contributed by atoms with Crippen LogP contribution in [0.15, 0.2) is 79.0 Å². The maximum atomic E-state index is 16.4. The summed E-state index contributed by atoms with van der Waals surface area (Å²) in [6.45, 7) is 6.44. The van der Waals surface area contributed by atoms with E-state index in [1.54, 1.807) is 55.2 Å². The molecule has 1 N–H and O–H groups in total. The Morgan fingerprint density at radius 3 is 2.50 bits per heavy atom. The standard InChI is InChI=1S/C38H41FN6O8Si/c1-23-36(54(3,4)39)33(16-17-42-21-31(40-41-42)29(22-46)26-8-6-5-7-9-26)53-38(23)30-18-28(45(50)51)14-15-32(30)43(37(38)49)20-25-10-12-27(13-11-25)44-34(48)19-35(44)52-24(2)47/h5-15,18,21,23,29,33,35-36,46H,16-17,19-20,22H2,1-4H3/t23-,29?,33+,35?,36-,38+/m1/s1. The topological polar surface area (TPSA) is 170 Å². The van der Waals surface area contributed by atoms with Crippen molar-refractivity contribution in [3.63, 3.8) is 0 Å². The van der Waals surface area contributed by atoms with Crippen LogP contribution in [-0.2, 0) is 42.5 Å². The number of aliphatic hydroxyl groups excluding tert-OH is 1. The van der Waals surface area contributed by atoms with Crippen molar-refractivity contribution in [2.24, 2.45) is 5.92 Å². The van der Waals surface area contributed by atoms with Crippen molar-refractivity contribution >= 4 is 43.3 Å². The molecule has 14 nitrogen and oxygen atoms in total. The fourth-order valence-corrected chi connectivity index (χ4v) is 10.9. The van der Waals surface area contributed by atoms with Crippen molar-refractivity contribution < 1.29 is 38.0 Å². The van der Waals surface area contributed by atoms with Gasteiger partial charge >= 0.3 is 5.97 Å². The highest BCUT2D eigenvalue weighted by molar-refractivity contribution is 6.72. The Kier molecular flexibility index (Phi) is 9.70. The van der Waals surface area contributed by atoms with Crippen LogP contribution in [0.3, 0.4) is 0 Å². The van der Waals surface area contributed by atoms with E-state index in [0.29, 0.717) is 28.2 Å². The summed E-state index contributed by atoms with van der Waals surface area (Å²) in [7, 11) is -3.54. The Hall–Kier alpha value is -5.32. The van der Waals surface area contributed by atoms with Gasteiger partial charge < -0.3 is 23.6 Å². The number of nitrogens with zero attached hydrogens (tertiary/aromatic N) is 6. The number of carbonyl (C=O) groups excluding carboxylic acids is 3. The van der Waals surface area contributed by atoms with Gasteiger partial charge in [-0.1, -0.05) is 54.6 Å². The molecule has 0 bridgehead atoms. The molecule has 1 aromatic heterocycles. The average molecular weight is 757 g/mol. The lowest BCUT2D eigenvalue weighted by Crippen LogP contribution is -2.54. The van der Waals surface area contributed by atoms with Gasteiger partial charge in [0.15, 0.2) is 11.8 Å². The molecule has 7 rings (SSSR count). The Balaban J connectivity index is 1.17. The molecule has 16 heteroatoms. The first-order valence-electron chi connectivity index (χ1n) is 17.8. The number of fused-ring (bicyclic) bond motifs is 2. The number of rotatable bonds is 12. The molecule has 3 aliphatic rings. The van der Waals surface area contributed by atoms with E-state index >= 15 is 4.11 Å². The van der Waals surface area contributed by atoms with E-state index in [-0.39, 0.29) is 50.1 Å². The summed E-state index contributed by atoms with van der Waals surface area (Å²) in [5, 5.41) is 30.7. The van der Waals surface area contributed by atoms with Gasteiger partial charge in [-0.05, 0) is 48.8 Å². The zero-order valence-corrected chi connectivity index (χ0v) is 31.3. The van der Waals surface area contributed by atoms with Gasteiger partial charge in [0.1, 0.15) is 0 Å². The van der Waals surface area contributed by atoms with Gasteiger partial charge in [-0.3, -0.25) is 34.1 Å². The molecule has 4 heterocycles. The smallest absolute Gasteiger partial charge is 0.304 e. The lowest BCUT2D eigenvalue weighted by Gasteiger charge is -2.39. The van der Waals surface area contributed by atoms with E-state index in [9.17, 15) is 29.6 Å². The monoisotopic (exact) mass is 756 g/mol. The third-order valence-corrected chi connectivity index (χ3v) is 13.3. The van der Waals surface area contributed by atoms with E-state index in [2.05, 4.69) is 10.3 Å². The number of benzene rings is 3. The number of aliphatic hydroxyl groups is 1. The molecule has 0 radical (unpaired) electrons. The molecule has 2 amide bonds. The fraction of sp³-hybridized carbons (Fsp3) is 0.395. The molecule has 3 aliphatic heterocycles. The van der Waals surface area contributed by atoms with E-state index in [1.165, 1.54) is 34.9 Å². The number of aryl methyl sites for hydroxylation is 1. The van der Waals surface area contributed by atoms with E-state index in [0.717, 1.165) is 5.56 Å². The molecule has 54 heavy (non-hydrogen) atoms. The summed E-state index contributed by atoms with van der Waals surface area (Å²) >= 11 is 0. The van der Waals surface area contributed by atoms with Gasteiger partial charge in [0.05, 0.1) is 47.9 Å². The summed E-state index contributed by atoms with van der Waals surface area (Å²) in [5.41, 5.74) is 0.903. The number of carbonyl (C=O) groups is 3. The Bertz CT molecular complexity index is 2090. The van der Waals surface area contributed by atoms with Crippen LogP contribution in [0.25, 0.3) is 0 Å². The highest BCUT2D eigenvalue weighted by Crippen LogP contribution is 2.60. The minimum Gasteiger partial charge on any atom is -0.441 e. The molecule has 0 aliphatic carbocycles. The van der Waals surface area contributed by atoms with Crippen molar-refractivity contribution in [3.8, 4) is 0 Å². The van der Waals surface area contributed by atoms with Gasteiger partial charge in [-0.25, -0.2) is 0 Å². The first-order valence-corrected chi connectivity index (χ1v) is 20.8. The predicted octanol–water partition coefficient (Wildman–Crippen LogP) is 5.35. The highest BCUT2D eigenvalue weighted by atomic mass is 28.4. The summed E-state index contributed by atoms with van der Waals surface area (Å²) < 4.78 is 30.1. The average Bonchev–Trinajstić information content (AvgIpc) is 3.78. The van der Waals surface area contributed by atoms with Crippen LogP contribution in [0, 0.1) is 16.0 Å². The van der Waals surface area contributed by atoms with Crippen LogP contribution < -0.4 is 9.80 Å². The number of ether oxygens (including phenoxy) is 2. The van der Waals surface area contributed by atoms with Gasteiger partial charge in [0, 0.05) is 54.5 Å². The fourth-order valence-electron chi connectivity index (χ4n) is 8.40. The van der Waals surface area contributed by atoms with Crippen LogP contribution in [-0.4, -0.2) is 70.2 Å². The molecule has 1 spiro atoms. The number of hydrogen-bond donors (Lipinski definition) is 1. The molecule has 6 atom stereocenters. The molecule has 282 valence electrons. The van der Waals surface area contributed by atoms with Gasteiger partial charge in [-0.15, -0.1) is 5.10 Å². The van der Waals surface area contributed by atoms with Crippen molar-refractivity contribution in [1.29, 1.82) is 0 Å². The number of amides is 2. The zero-order valence-electron chi connectivity index (χ0n) is 30.3. The number of non-ortho nitro benzene ring substituents is 1. The number of nitro benzene ring substituents is 1. The highest BCUT2D eigenvalue weighted by Gasteiger charge is 2.67. The van der Waals surface area contributed by atoms with Gasteiger partial charge in [0.25, 0.3) is 11.6 Å². The molecule has 2 saturated heterocycles. The van der Waals surface area contributed by atoms with E-state index < -0.39 is 54.6 Å². The van der Waals surface area contributed by atoms with E-state index in [4.69, 9.17) is 9.47 Å². The maximum Gasteiger partial charge on any atom is 0.304 e. The molecule has 3 aromatic carbocycles. The Labute approximate surface area is 311 Å². The molecular weight excluding hydrogens is 716 g/mol. The van der Waals surface area contributed by atoms with Crippen LogP contribution >= 0.6 is 0 Å². The minimum atomic E-state index is -3.54. The second kappa shape index (κ2) is 14.2. The lowest BCUT2D eigenvalue weighted by molar-refractivity contribution is -0.385. The third-order valence-electron chi connectivity index (χ3n) is 10.9. The van der Waals surface area contributed by atoms with Crippen LogP contribution in [0.2, 0.25) is 18.6 Å². The molecule has 4 aromatic rings. The number of nitro groups is 1. The Morgan fingerprint density at radius 2 is 1.87 bits per heavy atom. The number of esters is 1. The summed E-state index contributed by atoms with van der Waals surface area (Å²) in [4.78, 5) is 53.0. The SMILES string of the molecule is CC(=O)OC1CC(=O)N1c1ccc(CN2C(=O)[C@@]3(O[C@@H](CCn4cc(C(CO)c5ccccc5)nn4)[C@H]([Si](C)(C)F)[C@H]3C)c3cc([N+](=O)[O-])ccc32)cc1. The lowest BCUT2D eigenvalue weighted by atomic mass is 9.82. The predicted molar refractivity (Wildman–Crippen MR) is 196 cm³/mol. The van der Waals surface area contributed by atoms with E-state index in [1.807, 2.05) is 30.3 Å². The quantitative estimate of drug-likeness (QED) is 0.0497. The number of β-lactam (4-membered cyclic amide) rings is 1. The summed E-state index contributed by atoms with van der Waals surface area (Å²) in [6.07, 6.45) is 0.711. The third kappa shape index (κ3) is 6.47. The normalized spacial score (nSPS) is 24.1. The number of hydrogen-bond acceptors (Lipinski definition) is 10. The van der Waals surface area contributed by atoms with Crippen molar-refractivity contribution in [2.45, 2.75) is 82.3 Å². The number of aromatic nitrogens is 3. The van der Waals surface area contributed by atoms with Crippen LogP contribution in [0.1, 0.15) is 55.0 Å². The molecule has 2 unspecified atom stereocenters. The first kappa shape index (κ1) is 37.0. The molecule has 2 fully saturated rings. The second-order valence-corrected chi connectivity index (χ2v) is 18.5. The molecule has 0 saturated carbocycles. The van der Waals surface area contributed by atoms with Gasteiger partial charge in [-0.2, -0.15) is 0 Å². The molecular formula is C38H41FN6O8Si. The van der Waals surface area contributed by atoms with Crippen molar-refractivity contribution in [1.82, 2.24) is 15.0 Å². The van der Waals surface area contributed by atoms with Gasteiger partial charge in [0.2, 0.25) is 14.3 Å². The zero-order chi connectivity index (χ0) is 38.5.